The fraction of sp³-hybridized carbons (Fsp3) is 0. The highest BCUT2D eigenvalue weighted by Gasteiger charge is 2.27. The fourth-order valence-electron chi connectivity index (χ4n) is 2.95. The lowest BCUT2D eigenvalue weighted by Crippen LogP contribution is -2.20. The molecule has 0 unspecified atom stereocenters. The first-order valence-electron chi connectivity index (χ1n) is 8.14. The van der Waals surface area contributed by atoms with Gasteiger partial charge in [0.2, 0.25) is 11.7 Å². The molecule has 2 N–H and O–H groups in total. The summed E-state index contributed by atoms with van der Waals surface area (Å²) in [6, 6.07) is 11.0. The molecule has 0 saturated carbocycles. The number of aromatic nitrogens is 1. The quantitative estimate of drug-likeness (QED) is 0.510. The summed E-state index contributed by atoms with van der Waals surface area (Å²) in [5.74, 6) is -3.02. The van der Waals surface area contributed by atoms with Crippen molar-refractivity contribution in [2.45, 2.75) is 0 Å². The highest BCUT2D eigenvalue weighted by molar-refractivity contribution is 6.19. The van der Waals surface area contributed by atoms with Gasteiger partial charge >= 0.3 is 6.03 Å². The number of hydrogen-bond acceptors (Lipinski definition) is 4. The summed E-state index contributed by atoms with van der Waals surface area (Å²) in [6.07, 6.45) is 1.31. The van der Waals surface area contributed by atoms with Crippen molar-refractivity contribution in [3.05, 3.63) is 83.8 Å². The predicted octanol–water partition coefficient (Wildman–Crippen LogP) is 4.53. The van der Waals surface area contributed by atoms with Crippen LogP contribution >= 0.6 is 0 Å². The molecule has 0 aliphatic heterocycles. The zero-order valence-electron chi connectivity index (χ0n) is 14.1. The third-order valence-electron chi connectivity index (χ3n) is 4.20. The number of carbonyl (C=O) groups is 2. The van der Waals surface area contributed by atoms with E-state index in [1.54, 1.807) is 18.2 Å². The standard InChI is InChI=1S/C20H12F2N2O4/c21-11-7-8-14(13(22)10-11)23-20(27)24-15-5-2-1-4-12(15)17(19(24)26)18(25)16-6-3-9-28-16/h1-10,26H,(H,23,27). The van der Waals surface area contributed by atoms with Gasteiger partial charge in [0.1, 0.15) is 11.6 Å². The van der Waals surface area contributed by atoms with Crippen molar-refractivity contribution in [1.29, 1.82) is 0 Å². The molecule has 2 heterocycles. The summed E-state index contributed by atoms with van der Waals surface area (Å²) >= 11 is 0. The molecule has 0 spiro atoms. The van der Waals surface area contributed by atoms with E-state index in [4.69, 9.17) is 4.42 Å². The molecular weight excluding hydrogens is 370 g/mol. The Kier molecular flexibility index (Phi) is 4.15. The van der Waals surface area contributed by atoms with E-state index in [-0.39, 0.29) is 22.5 Å². The number of amides is 1. The van der Waals surface area contributed by atoms with Crippen LogP contribution in [0.4, 0.5) is 19.3 Å². The molecule has 4 rings (SSSR count). The Hall–Kier alpha value is -3.94. The van der Waals surface area contributed by atoms with E-state index in [0.717, 1.165) is 16.7 Å². The molecular formula is C20H12F2N2O4. The zero-order chi connectivity index (χ0) is 19.8. The second-order valence-electron chi connectivity index (χ2n) is 5.91. The molecule has 4 aromatic rings. The van der Waals surface area contributed by atoms with Crippen LogP contribution in [0.3, 0.4) is 0 Å². The number of rotatable bonds is 3. The smallest absolute Gasteiger partial charge is 0.333 e. The number of hydrogen-bond donors (Lipinski definition) is 2. The zero-order valence-corrected chi connectivity index (χ0v) is 14.1. The lowest BCUT2D eigenvalue weighted by Gasteiger charge is -2.09. The number of aromatic hydroxyl groups is 1. The molecule has 0 aliphatic carbocycles. The number of ketones is 1. The van der Waals surface area contributed by atoms with Gasteiger partial charge in [0.05, 0.1) is 23.0 Å². The van der Waals surface area contributed by atoms with E-state index in [0.29, 0.717) is 11.5 Å². The minimum Gasteiger partial charge on any atom is -0.494 e. The molecule has 0 radical (unpaired) electrons. The SMILES string of the molecule is O=C(c1ccco1)c1c(O)n(C(=O)Nc2ccc(F)cc2F)c2ccccc12. The minimum absolute atomic E-state index is 0.0109. The summed E-state index contributed by atoms with van der Waals surface area (Å²) < 4.78 is 32.9. The molecule has 0 bridgehead atoms. The number of anilines is 1. The topological polar surface area (TPSA) is 84.5 Å². The highest BCUT2D eigenvalue weighted by Crippen LogP contribution is 2.33. The summed E-state index contributed by atoms with van der Waals surface area (Å²) in [5, 5.41) is 13.2. The minimum atomic E-state index is -0.976. The van der Waals surface area contributed by atoms with Gasteiger partial charge in [0.15, 0.2) is 5.76 Å². The van der Waals surface area contributed by atoms with Crippen molar-refractivity contribution in [3.63, 3.8) is 0 Å². The predicted molar refractivity (Wildman–Crippen MR) is 96.5 cm³/mol. The van der Waals surface area contributed by atoms with Crippen LogP contribution < -0.4 is 5.32 Å². The van der Waals surface area contributed by atoms with Crippen LogP contribution in [0.2, 0.25) is 0 Å². The Morgan fingerprint density at radius 1 is 1.04 bits per heavy atom. The van der Waals surface area contributed by atoms with Gasteiger partial charge in [-0.3, -0.25) is 4.79 Å². The number of carbonyl (C=O) groups excluding carboxylic acids is 2. The molecule has 2 aromatic heterocycles. The highest BCUT2D eigenvalue weighted by atomic mass is 19.1. The van der Waals surface area contributed by atoms with Gasteiger partial charge in [-0.25, -0.2) is 18.1 Å². The van der Waals surface area contributed by atoms with Crippen molar-refractivity contribution in [3.8, 4) is 5.88 Å². The molecule has 0 saturated heterocycles. The lowest BCUT2D eigenvalue weighted by molar-refractivity contribution is 0.101. The first kappa shape index (κ1) is 17.5. The number of nitrogens with one attached hydrogen (secondary N) is 1. The summed E-state index contributed by atoms with van der Waals surface area (Å²) in [4.78, 5) is 25.4. The largest absolute Gasteiger partial charge is 0.494 e. The van der Waals surface area contributed by atoms with Crippen LogP contribution in [-0.4, -0.2) is 21.5 Å². The van der Waals surface area contributed by atoms with Gasteiger partial charge < -0.3 is 14.8 Å². The number of halogens is 2. The molecule has 2 aromatic carbocycles. The average Bonchev–Trinajstić information content (AvgIpc) is 3.29. The van der Waals surface area contributed by atoms with Gasteiger partial charge in [0.25, 0.3) is 0 Å². The second-order valence-corrected chi connectivity index (χ2v) is 5.91. The summed E-state index contributed by atoms with van der Waals surface area (Å²) in [7, 11) is 0. The molecule has 0 atom stereocenters. The maximum absolute atomic E-state index is 13.9. The average molecular weight is 382 g/mol. The van der Waals surface area contributed by atoms with Crippen LogP contribution in [-0.2, 0) is 0 Å². The van der Waals surface area contributed by atoms with Gasteiger partial charge in [-0.1, -0.05) is 18.2 Å². The number of benzene rings is 2. The van der Waals surface area contributed by atoms with E-state index in [1.165, 1.54) is 24.5 Å². The van der Waals surface area contributed by atoms with Crippen molar-refractivity contribution in [2.24, 2.45) is 0 Å². The lowest BCUT2D eigenvalue weighted by atomic mass is 10.1. The molecule has 28 heavy (non-hydrogen) atoms. The van der Waals surface area contributed by atoms with Gasteiger partial charge in [-0.15, -0.1) is 0 Å². The number of fused-ring (bicyclic) bond motifs is 1. The van der Waals surface area contributed by atoms with E-state index >= 15 is 0 Å². The van der Waals surface area contributed by atoms with Crippen LogP contribution in [0.25, 0.3) is 10.9 Å². The monoisotopic (exact) mass is 382 g/mol. The fourth-order valence-corrected chi connectivity index (χ4v) is 2.95. The molecule has 6 nitrogen and oxygen atoms in total. The molecule has 1 amide bonds. The van der Waals surface area contributed by atoms with Crippen molar-refractivity contribution in [1.82, 2.24) is 4.57 Å². The molecule has 140 valence electrons. The number of nitrogens with zero attached hydrogens (tertiary/aromatic N) is 1. The van der Waals surface area contributed by atoms with Gasteiger partial charge in [0, 0.05) is 11.5 Å². The Morgan fingerprint density at radius 3 is 2.54 bits per heavy atom. The van der Waals surface area contributed by atoms with Crippen molar-refractivity contribution >= 4 is 28.4 Å². The van der Waals surface area contributed by atoms with E-state index in [9.17, 15) is 23.5 Å². The maximum atomic E-state index is 13.9. The van der Waals surface area contributed by atoms with Crippen LogP contribution in [0, 0.1) is 11.6 Å². The first-order chi connectivity index (χ1) is 13.5. The third kappa shape index (κ3) is 2.81. The number of furan rings is 1. The number of para-hydroxylation sites is 1. The Bertz CT molecular complexity index is 1210. The second kappa shape index (κ2) is 6.66. The molecule has 8 heteroatoms. The Labute approximate surface area is 156 Å². The van der Waals surface area contributed by atoms with E-state index in [1.807, 2.05) is 0 Å². The van der Waals surface area contributed by atoms with E-state index < -0.39 is 29.3 Å². The Balaban J connectivity index is 1.82. The van der Waals surface area contributed by atoms with Crippen molar-refractivity contribution < 1.29 is 27.9 Å². The van der Waals surface area contributed by atoms with Crippen LogP contribution in [0.5, 0.6) is 5.88 Å². The normalized spacial score (nSPS) is 10.9. The van der Waals surface area contributed by atoms with Crippen LogP contribution in [0.1, 0.15) is 16.1 Å². The van der Waals surface area contributed by atoms with E-state index in [2.05, 4.69) is 5.32 Å². The van der Waals surface area contributed by atoms with Crippen molar-refractivity contribution in [2.75, 3.05) is 5.32 Å². The third-order valence-corrected chi connectivity index (χ3v) is 4.20. The first-order valence-corrected chi connectivity index (χ1v) is 8.14. The summed E-state index contributed by atoms with van der Waals surface area (Å²) in [5.41, 5.74) is -0.169. The summed E-state index contributed by atoms with van der Waals surface area (Å²) in [6.45, 7) is 0. The molecule has 0 fully saturated rings. The maximum Gasteiger partial charge on any atom is 0.333 e. The van der Waals surface area contributed by atoms with Gasteiger partial charge in [-0.2, -0.15) is 0 Å². The Morgan fingerprint density at radius 2 is 1.82 bits per heavy atom. The van der Waals surface area contributed by atoms with Crippen LogP contribution in [0.15, 0.2) is 65.3 Å². The van der Waals surface area contributed by atoms with Gasteiger partial charge in [-0.05, 0) is 30.3 Å². The molecule has 0 aliphatic rings.